The minimum Gasteiger partial charge on any atom is -0.313 e. The van der Waals surface area contributed by atoms with Gasteiger partial charge in [-0.05, 0) is 54.6 Å². The first-order valence-corrected chi connectivity index (χ1v) is 8.05. The van der Waals surface area contributed by atoms with E-state index in [2.05, 4.69) is 57.6 Å². The molecule has 2 aromatic rings. The molecule has 0 radical (unpaired) electrons. The van der Waals surface area contributed by atoms with Gasteiger partial charge in [0.25, 0.3) is 0 Å². The van der Waals surface area contributed by atoms with Gasteiger partial charge in [-0.1, -0.05) is 57.9 Å². The third-order valence-corrected chi connectivity index (χ3v) is 4.94. The molecule has 0 amide bonds. The lowest BCUT2D eigenvalue weighted by Gasteiger charge is -2.19. The van der Waals surface area contributed by atoms with E-state index >= 15 is 0 Å². The largest absolute Gasteiger partial charge is 0.313 e. The first-order chi connectivity index (χ1) is 9.70. The maximum absolute atomic E-state index is 6.37. The third kappa shape index (κ3) is 2.78. The van der Waals surface area contributed by atoms with Gasteiger partial charge in [0.05, 0.1) is 0 Å². The van der Waals surface area contributed by atoms with Crippen molar-refractivity contribution in [2.75, 3.05) is 7.05 Å². The summed E-state index contributed by atoms with van der Waals surface area (Å²) in [4.78, 5) is 0. The van der Waals surface area contributed by atoms with Gasteiger partial charge in [0.15, 0.2) is 0 Å². The van der Waals surface area contributed by atoms with Crippen LogP contribution in [0.4, 0.5) is 0 Å². The zero-order valence-electron chi connectivity index (χ0n) is 11.3. The molecule has 2 aromatic carbocycles. The summed E-state index contributed by atoms with van der Waals surface area (Å²) < 4.78 is 1.08. The quantitative estimate of drug-likeness (QED) is 0.802. The zero-order valence-corrected chi connectivity index (χ0v) is 13.7. The maximum atomic E-state index is 6.37. The molecule has 0 aromatic heterocycles. The molecule has 0 bridgehead atoms. The lowest BCUT2D eigenvalue weighted by molar-refractivity contribution is 0.518. The van der Waals surface area contributed by atoms with Crippen molar-refractivity contribution in [2.24, 2.45) is 5.92 Å². The predicted molar refractivity (Wildman–Crippen MR) is 88.2 cm³/mol. The van der Waals surface area contributed by atoms with E-state index in [1.54, 1.807) is 0 Å². The Morgan fingerprint density at radius 3 is 2.65 bits per heavy atom. The highest BCUT2D eigenvalue weighted by Gasteiger charge is 2.44. The van der Waals surface area contributed by atoms with E-state index in [0.29, 0.717) is 17.9 Å². The fourth-order valence-electron chi connectivity index (χ4n) is 3.02. The molecular weight excluding hydrogens is 334 g/mol. The molecular formula is C17H17BrClN. The van der Waals surface area contributed by atoms with Gasteiger partial charge in [-0.25, -0.2) is 0 Å². The van der Waals surface area contributed by atoms with Gasteiger partial charge in [-0.15, -0.1) is 0 Å². The van der Waals surface area contributed by atoms with E-state index in [-0.39, 0.29) is 0 Å². The average molecular weight is 351 g/mol. The lowest BCUT2D eigenvalue weighted by Crippen LogP contribution is -2.19. The predicted octanol–water partition coefficient (Wildman–Crippen LogP) is 5.17. The fraction of sp³-hybridized carbons (Fsp3) is 0.294. The Kier molecular flexibility index (Phi) is 4.16. The van der Waals surface area contributed by atoms with Gasteiger partial charge in [0.2, 0.25) is 0 Å². The highest BCUT2D eigenvalue weighted by Crippen LogP contribution is 2.54. The SMILES string of the molecule is CNC(c1cc(Br)ccc1Cl)C1CC1c1ccccc1. The van der Waals surface area contributed by atoms with Crippen LogP contribution in [0.3, 0.4) is 0 Å². The number of benzene rings is 2. The Balaban J connectivity index is 1.84. The molecule has 104 valence electrons. The molecule has 1 N–H and O–H groups in total. The van der Waals surface area contributed by atoms with Crippen LogP contribution in [-0.4, -0.2) is 7.05 Å². The molecule has 1 fully saturated rings. The summed E-state index contributed by atoms with van der Waals surface area (Å²) in [6.45, 7) is 0. The molecule has 0 spiro atoms. The van der Waals surface area contributed by atoms with Crippen molar-refractivity contribution in [2.45, 2.75) is 18.4 Å². The molecule has 3 atom stereocenters. The van der Waals surface area contributed by atoms with Crippen molar-refractivity contribution < 1.29 is 0 Å². The summed E-state index contributed by atoms with van der Waals surface area (Å²) in [5.74, 6) is 1.26. The summed E-state index contributed by atoms with van der Waals surface area (Å²) in [6.07, 6.45) is 1.22. The monoisotopic (exact) mass is 349 g/mol. The van der Waals surface area contributed by atoms with E-state index in [4.69, 9.17) is 11.6 Å². The van der Waals surface area contributed by atoms with Gasteiger partial charge in [-0.2, -0.15) is 0 Å². The van der Waals surface area contributed by atoms with E-state index in [0.717, 1.165) is 9.50 Å². The van der Waals surface area contributed by atoms with Gasteiger partial charge >= 0.3 is 0 Å². The van der Waals surface area contributed by atoms with Crippen LogP contribution in [0.15, 0.2) is 53.0 Å². The first kappa shape index (κ1) is 14.1. The molecule has 3 heteroatoms. The minimum absolute atomic E-state index is 0.310. The molecule has 20 heavy (non-hydrogen) atoms. The Labute approximate surface area is 133 Å². The highest BCUT2D eigenvalue weighted by molar-refractivity contribution is 9.10. The van der Waals surface area contributed by atoms with E-state index < -0.39 is 0 Å². The zero-order chi connectivity index (χ0) is 14.1. The Bertz CT molecular complexity index is 599. The number of nitrogens with one attached hydrogen (secondary N) is 1. The van der Waals surface area contributed by atoms with Crippen LogP contribution >= 0.6 is 27.5 Å². The van der Waals surface area contributed by atoms with Gasteiger partial charge in [0.1, 0.15) is 0 Å². The summed E-state index contributed by atoms with van der Waals surface area (Å²) in [6, 6.07) is 17.1. The summed E-state index contributed by atoms with van der Waals surface area (Å²) in [7, 11) is 2.02. The molecule has 1 aliphatic rings. The molecule has 1 aliphatic carbocycles. The van der Waals surface area contributed by atoms with E-state index in [1.807, 2.05) is 19.2 Å². The molecule has 1 saturated carbocycles. The minimum atomic E-state index is 0.310. The Hall–Kier alpha value is -0.830. The van der Waals surface area contributed by atoms with Crippen LogP contribution in [-0.2, 0) is 0 Å². The maximum Gasteiger partial charge on any atom is 0.0454 e. The second kappa shape index (κ2) is 5.88. The van der Waals surface area contributed by atoms with Crippen LogP contribution in [0.2, 0.25) is 5.02 Å². The Morgan fingerprint density at radius 2 is 1.95 bits per heavy atom. The summed E-state index contributed by atoms with van der Waals surface area (Å²) in [5, 5.41) is 4.28. The van der Waals surface area contributed by atoms with Crippen molar-refractivity contribution in [3.63, 3.8) is 0 Å². The second-order valence-corrected chi connectivity index (χ2v) is 6.67. The molecule has 1 nitrogen and oxygen atoms in total. The highest BCUT2D eigenvalue weighted by atomic mass is 79.9. The number of hydrogen-bond donors (Lipinski definition) is 1. The van der Waals surface area contributed by atoms with E-state index in [9.17, 15) is 0 Å². The van der Waals surface area contributed by atoms with Crippen LogP contribution in [0, 0.1) is 5.92 Å². The molecule has 0 saturated heterocycles. The fourth-order valence-corrected chi connectivity index (χ4v) is 3.63. The molecule has 3 unspecified atom stereocenters. The normalized spacial score (nSPS) is 22.6. The number of halogens is 2. The second-order valence-electron chi connectivity index (χ2n) is 5.35. The van der Waals surface area contributed by atoms with Crippen molar-refractivity contribution in [1.82, 2.24) is 5.32 Å². The van der Waals surface area contributed by atoms with Crippen LogP contribution in [0.25, 0.3) is 0 Å². The van der Waals surface area contributed by atoms with Crippen molar-refractivity contribution >= 4 is 27.5 Å². The molecule has 0 aliphatic heterocycles. The molecule has 0 heterocycles. The van der Waals surface area contributed by atoms with Crippen LogP contribution < -0.4 is 5.32 Å². The van der Waals surface area contributed by atoms with Crippen molar-refractivity contribution in [3.05, 3.63) is 69.2 Å². The van der Waals surface area contributed by atoms with Crippen LogP contribution in [0.1, 0.15) is 29.5 Å². The van der Waals surface area contributed by atoms with Gasteiger partial charge < -0.3 is 5.32 Å². The topological polar surface area (TPSA) is 12.0 Å². The summed E-state index contributed by atoms with van der Waals surface area (Å²) in [5.41, 5.74) is 2.62. The summed E-state index contributed by atoms with van der Waals surface area (Å²) >= 11 is 9.91. The van der Waals surface area contributed by atoms with Crippen molar-refractivity contribution in [3.8, 4) is 0 Å². The van der Waals surface area contributed by atoms with E-state index in [1.165, 1.54) is 17.5 Å². The number of hydrogen-bond acceptors (Lipinski definition) is 1. The third-order valence-electron chi connectivity index (χ3n) is 4.10. The molecule has 3 rings (SSSR count). The lowest BCUT2D eigenvalue weighted by atomic mass is 9.99. The Morgan fingerprint density at radius 1 is 1.20 bits per heavy atom. The number of rotatable bonds is 4. The smallest absolute Gasteiger partial charge is 0.0454 e. The van der Waals surface area contributed by atoms with Gasteiger partial charge in [0, 0.05) is 15.5 Å². The standard InChI is InChI=1S/C17H17BrClN/c1-20-17(15-9-12(18)7-8-16(15)19)14-10-13(14)11-5-3-2-4-6-11/h2-9,13-14,17,20H,10H2,1H3. The first-order valence-electron chi connectivity index (χ1n) is 6.88. The van der Waals surface area contributed by atoms with Gasteiger partial charge in [-0.3, -0.25) is 0 Å². The van der Waals surface area contributed by atoms with Crippen LogP contribution in [0.5, 0.6) is 0 Å². The average Bonchev–Trinajstić information content (AvgIpc) is 3.25. The van der Waals surface area contributed by atoms with Crippen molar-refractivity contribution in [1.29, 1.82) is 0 Å².